The highest BCUT2D eigenvalue weighted by Crippen LogP contribution is 2.31. The summed E-state index contributed by atoms with van der Waals surface area (Å²) in [5.41, 5.74) is 2.47. The van der Waals surface area contributed by atoms with Gasteiger partial charge in [-0.15, -0.1) is 11.3 Å². The molecule has 0 aliphatic rings. The Morgan fingerprint density at radius 1 is 1.27 bits per heavy atom. The Kier molecular flexibility index (Phi) is 5.41. The van der Waals surface area contributed by atoms with Crippen LogP contribution in [-0.4, -0.2) is 24.6 Å². The minimum atomic E-state index is -0.474. The molecule has 1 amide bonds. The number of furan rings is 1. The molecule has 0 bridgehead atoms. The number of carbonyl (C=O) groups is 1. The summed E-state index contributed by atoms with van der Waals surface area (Å²) < 4.78 is 30.1. The van der Waals surface area contributed by atoms with E-state index in [1.54, 1.807) is 23.6 Å². The highest BCUT2D eigenvalue weighted by Gasteiger charge is 2.19. The molecule has 8 heteroatoms. The molecule has 154 valence electrons. The fourth-order valence-electron chi connectivity index (χ4n) is 3.12. The van der Waals surface area contributed by atoms with Crippen LogP contribution in [0.25, 0.3) is 22.2 Å². The lowest BCUT2D eigenvalue weighted by Gasteiger charge is -2.03. The molecule has 1 N–H and O–H groups in total. The molecule has 0 aliphatic heterocycles. The summed E-state index contributed by atoms with van der Waals surface area (Å²) in [4.78, 5) is 17.1. The Hall–Kier alpha value is -3.39. The van der Waals surface area contributed by atoms with Crippen LogP contribution in [0.2, 0.25) is 0 Å². The molecular formula is C22H19FN2O4S. The number of thiazole rings is 1. The van der Waals surface area contributed by atoms with E-state index in [1.807, 2.05) is 19.9 Å². The number of rotatable bonds is 6. The normalized spacial score (nSPS) is 10.9. The number of halogens is 1. The predicted octanol–water partition coefficient (Wildman–Crippen LogP) is 5.66. The standard InChI is InChI=1S/C22H19FN2O4S/c1-4-28-14-6-8-18-15(10-14)12(2)20(29-18)21(26)25-22-24-17(11-30-22)13-5-7-19(27-3)16(23)9-13/h5-11H,4H2,1-3H3,(H,24,25,26). The maximum absolute atomic E-state index is 14.0. The predicted molar refractivity (Wildman–Crippen MR) is 114 cm³/mol. The SMILES string of the molecule is CCOc1ccc2oc(C(=O)Nc3nc(-c4ccc(OC)c(F)c4)cs3)c(C)c2c1. The number of fused-ring (bicyclic) bond motifs is 1. The summed E-state index contributed by atoms with van der Waals surface area (Å²) in [7, 11) is 1.41. The molecule has 0 radical (unpaired) electrons. The minimum absolute atomic E-state index is 0.162. The highest BCUT2D eigenvalue weighted by molar-refractivity contribution is 7.14. The zero-order valence-corrected chi connectivity index (χ0v) is 17.4. The quantitative estimate of drug-likeness (QED) is 0.430. The van der Waals surface area contributed by atoms with Gasteiger partial charge in [0.05, 0.1) is 19.4 Å². The summed E-state index contributed by atoms with van der Waals surface area (Å²) in [5.74, 6) is 0.222. The summed E-state index contributed by atoms with van der Waals surface area (Å²) in [6, 6.07) is 10.0. The van der Waals surface area contributed by atoms with E-state index in [-0.39, 0.29) is 11.5 Å². The second kappa shape index (κ2) is 8.16. The van der Waals surface area contributed by atoms with Gasteiger partial charge in [0.25, 0.3) is 5.91 Å². The van der Waals surface area contributed by atoms with Crippen molar-refractivity contribution in [2.75, 3.05) is 19.0 Å². The number of hydrogen-bond acceptors (Lipinski definition) is 6. The smallest absolute Gasteiger partial charge is 0.293 e. The molecule has 6 nitrogen and oxygen atoms in total. The molecule has 0 aliphatic carbocycles. The van der Waals surface area contributed by atoms with Crippen LogP contribution in [0.1, 0.15) is 23.0 Å². The molecule has 30 heavy (non-hydrogen) atoms. The van der Waals surface area contributed by atoms with E-state index in [0.29, 0.717) is 28.6 Å². The number of methoxy groups -OCH3 is 1. The van der Waals surface area contributed by atoms with Crippen molar-refractivity contribution in [1.82, 2.24) is 4.98 Å². The fraction of sp³-hybridized carbons (Fsp3) is 0.182. The summed E-state index contributed by atoms with van der Waals surface area (Å²) in [6.07, 6.45) is 0. The number of anilines is 1. The van der Waals surface area contributed by atoms with Gasteiger partial charge in [0.2, 0.25) is 0 Å². The molecule has 2 heterocycles. The average Bonchev–Trinajstić information content (AvgIpc) is 3.33. The van der Waals surface area contributed by atoms with Crippen LogP contribution in [0.5, 0.6) is 11.5 Å². The Labute approximate surface area is 176 Å². The van der Waals surface area contributed by atoms with Crippen LogP contribution in [-0.2, 0) is 0 Å². The molecule has 4 aromatic rings. The largest absolute Gasteiger partial charge is 0.494 e. The molecule has 0 unspecified atom stereocenters. The first-order valence-corrected chi connectivity index (χ1v) is 10.1. The number of aryl methyl sites for hydroxylation is 1. The number of nitrogens with one attached hydrogen (secondary N) is 1. The minimum Gasteiger partial charge on any atom is -0.494 e. The van der Waals surface area contributed by atoms with Crippen LogP contribution in [0.3, 0.4) is 0 Å². The van der Waals surface area contributed by atoms with E-state index < -0.39 is 11.7 Å². The highest BCUT2D eigenvalue weighted by atomic mass is 32.1. The van der Waals surface area contributed by atoms with Crippen molar-refractivity contribution in [2.45, 2.75) is 13.8 Å². The number of aromatic nitrogens is 1. The molecule has 0 saturated heterocycles. The van der Waals surface area contributed by atoms with Crippen molar-refractivity contribution in [1.29, 1.82) is 0 Å². The zero-order valence-electron chi connectivity index (χ0n) is 16.6. The van der Waals surface area contributed by atoms with E-state index in [1.165, 1.54) is 30.6 Å². The fourth-order valence-corrected chi connectivity index (χ4v) is 3.83. The maximum Gasteiger partial charge on any atom is 0.293 e. The lowest BCUT2D eigenvalue weighted by atomic mass is 10.1. The molecule has 0 atom stereocenters. The number of amides is 1. The van der Waals surface area contributed by atoms with E-state index in [2.05, 4.69) is 10.3 Å². The monoisotopic (exact) mass is 426 g/mol. The molecular weight excluding hydrogens is 407 g/mol. The Morgan fingerprint density at radius 2 is 2.10 bits per heavy atom. The van der Waals surface area contributed by atoms with E-state index in [9.17, 15) is 9.18 Å². The summed E-state index contributed by atoms with van der Waals surface area (Å²) >= 11 is 1.25. The third-order valence-electron chi connectivity index (χ3n) is 4.60. The molecule has 0 fully saturated rings. The van der Waals surface area contributed by atoms with E-state index in [4.69, 9.17) is 13.9 Å². The molecule has 2 aromatic carbocycles. The van der Waals surface area contributed by atoms with Gasteiger partial charge < -0.3 is 13.9 Å². The van der Waals surface area contributed by atoms with Gasteiger partial charge in [-0.3, -0.25) is 10.1 Å². The van der Waals surface area contributed by atoms with Crippen LogP contribution in [0.4, 0.5) is 9.52 Å². The van der Waals surface area contributed by atoms with Crippen LogP contribution >= 0.6 is 11.3 Å². The topological polar surface area (TPSA) is 73.6 Å². The van der Waals surface area contributed by atoms with Crippen molar-refractivity contribution >= 4 is 33.3 Å². The second-order valence-corrected chi connectivity index (χ2v) is 7.35. The molecule has 2 aromatic heterocycles. The third-order valence-corrected chi connectivity index (χ3v) is 5.35. The van der Waals surface area contributed by atoms with Gasteiger partial charge in [-0.1, -0.05) is 0 Å². The molecule has 0 saturated carbocycles. The number of nitrogens with zero attached hydrogens (tertiary/aromatic N) is 1. The lowest BCUT2D eigenvalue weighted by Crippen LogP contribution is -2.11. The van der Waals surface area contributed by atoms with Crippen LogP contribution in [0, 0.1) is 12.7 Å². The van der Waals surface area contributed by atoms with Crippen LogP contribution in [0.15, 0.2) is 46.2 Å². The average molecular weight is 426 g/mol. The first kappa shape index (κ1) is 19.9. The Bertz CT molecular complexity index is 1230. The summed E-state index contributed by atoms with van der Waals surface area (Å²) in [5, 5.41) is 5.71. The van der Waals surface area contributed by atoms with E-state index in [0.717, 1.165) is 16.7 Å². The first-order chi connectivity index (χ1) is 14.5. The van der Waals surface area contributed by atoms with Crippen molar-refractivity contribution in [3.63, 3.8) is 0 Å². The van der Waals surface area contributed by atoms with Gasteiger partial charge in [0.1, 0.15) is 11.3 Å². The molecule has 0 spiro atoms. The number of hydrogen-bond donors (Lipinski definition) is 1. The third kappa shape index (κ3) is 3.73. The lowest BCUT2D eigenvalue weighted by molar-refractivity contribution is 0.0998. The van der Waals surface area contributed by atoms with Crippen molar-refractivity contribution in [3.05, 3.63) is 58.9 Å². The second-order valence-electron chi connectivity index (χ2n) is 6.49. The van der Waals surface area contributed by atoms with E-state index >= 15 is 0 Å². The van der Waals surface area contributed by atoms with Crippen molar-refractivity contribution in [2.24, 2.45) is 0 Å². The maximum atomic E-state index is 14.0. The summed E-state index contributed by atoms with van der Waals surface area (Å²) in [6.45, 7) is 4.29. The number of ether oxygens (including phenoxy) is 2. The molecule has 4 rings (SSSR count). The Morgan fingerprint density at radius 3 is 2.83 bits per heavy atom. The first-order valence-electron chi connectivity index (χ1n) is 9.27. The van der Waals surface area contributed by atoms with Gasteiger partial charge >= 0.3 is 0 Å². The van der Waals surface area contributed by atoms with Crippen molar-refractivity contribution in [3.8, 4) is 22.8 Å². The van der Waals surface area contributed by atoms with Gasteiger partial charge in [-0.2, -0.15) is 0 Å². The van der Waals surface area contributed by atoms with Gasteiger partial charge in [-0.25, -0.2) is 9.37 Å². The van der Waals surface area contributed by atoms with Gasteiger partial charge in [0, 0.05) is 21.9 Å². The van der Waals surface area contributed by atoms with Crippen LogP contribution < -0.4 is 14.8 Å². The van der Waals surface area contributed by atoms with Gasteiger partial charge in [0.15, 0.2) is 22.5 Å². The number of benzene rings is 2. The zero-order chi connectivity index (χ0) is 21.3. The van der Waals surface area contributed by atoms with Crippen molar-refractivity contribution < 1.29 is 23.1 Å². The Balaban J connectivity index is 1.56. The van der Waals surface area contributed by atoms with Gasteiger partial charge in [-0.05, 0) is 50.2 Å². The number of carbonyl (C=O) groups excluding carboxylic acids is 1.